The average molecular weight is 335 g/mol. The van der Waals surface area contributed by atoms with Gasteiger partial charge in [-0.1, -0.05) is 27.6 Å². The molecule has 0 aromatic heterocycles. The molecule has 0 fully saturated rings. The number of rotatable bonds is 3. The Labute approximate surface area is 126 Å². The van der Waals surface area contributed by atoms with E-state index >= 15 is 0 Å². The van der Waals surface area contributed by atoms with Crippen molar-refractivity contribution in [1.82, 2.24) is 0 Å². The maximum Gasteiger partial charge on any atom is 0.257 e. The number of carbonyl (C=O) groups is 1. The molecule has 2 aromatic carbocycles. The number of nitrogen functional groups attached to an aromatic ring is 1. The molecule has 4 nitrogen and oxygen atoms in total. The standard InChI is InChI=1S/C15H15BrN2O2/c1-9-3-4-14(17)13(5-9)15(19)18-11-6-10(16)7-12(8-11)20-2/h3-8H,17H2,1-2H3,(H,18,19). The van der Waals surface area contributed by atoms with Gasteiger partial charge in [0.25, 0.3) is 5.91 Å². The predicted molar refractivity (Wildman–Crippen MR) is 84.2 cm³/mol. The van der Waals surface area contributed by atoms with Gasteiger partial charge in [0.05, 0.1) is 12.7 Å². The van der Waals surface area contributed by atoms with Gasteiger partial charge in [0.15, 0.2) is 0 Å². The van der Waals surface area contributed by atoms with Crippen LogP contribution in [0.4, 0.5) is 11.4 Å². The van der Waals surface area contributed by atoms with Crippen LogP contribution in [0.2, 0.25) is 0 Å². The lowest BCUT2D eigenvalue weighted by molar-refractivity contribution is 0.102. The first-order valence-corrected chi connectivity index (χ1v) is 6.81. The minimum Gasteiger partial charge on any atom is -0.497 e. The Bertz CT molecular complexity index is 656. The molecule has 0 heterocycles. The second-order valence-electron chi connectivity index (χ2n) is 4.42. The summed E-state index contributed by atoms with van der Waals surface area (Å²) in [4.78, 5) is 12.3. The number of hydrogen-bond donors (Lipinski definition) is 2. The van der Waals surface area contributed by atoms with Crippen LogP contribution in [0.1, 0.15) is 15.9 Å². The van der Waals surface area contributed by atoms with Crippen molar-refractivity contribution in [2.45, 2.75) is 6.92 Å². The molecule has 0 saturated heterocycles. The summed E-state index contributed by atoms with van der Waals surface area (Å²) >= 11 is 3.37. The molecule has 5 heteroatoms. The molecule has 0 atom stereocenters. The number of carbonyl (C=O) groups excluding carboxylic acids is 1. The largest absolute Gasteiger partial charge is 0.497 e. The smallest absolute Gasteiger partial charge is 0.257 e. The number of aryl methyl sites for hydroxylation is 1. The third-order valence-electron chi connectivity index (χ3n) is 2.82. The second kappa shape index (κ2) is 5.96. The minimum absolute atomic E-state index is 0.244. The van der Waals surface area contributed by atoms with E-state index in [1.807, 2.05) is 19.1 Å². The topological polar surface area (TPSA) is 64.3 Å². The summed E-state index contributed by atoms with van der Waals surface area (Å²) in [5.74, 6) is 0.415. The van der Waals surface area contributed by atoms with Gasteiger partial charge in [-0.2, -0.15) is 0 Å². The zero-order valence-electron chi connectivity index (χ0n) is 11.2. The lowest BCUT2D eigenvalue weighted by Gasteiger charge is -2.10. The lowest BCUT2D eigenvalue weighted by atomic mass is 10.1. The molecular formula is C15H15BrN2O2. The molecule has 0 spiro atoms. The van der Waals surface area contributed by atoms with E-state index < -0.39 is 0 Å². The molecule has 20 heavy (non-hydrogen) atoms. The quantitative estimate of drug-likeness (QED) is 0.843. The van der Waals surface area contributed by atoms with E-state index in [2.05, 4.69) is 21.2 Å². The summed E-state index contributed by atoms with van der Waals surface area (Å²) in [5, 5.41) is 2.81. The Kier molecular flexibility index (Phi) is 4.29. The summed E-state index contributed by atoms with van der Waals surface area (Å²) in [6, 6.07) is 10.7. The Morgan fingerprint density at radius 1 is 1.25 bits per heavy atom. The van der Waals surface area contributed by atoms with Crippen molar-refractivity contribution in [2.75, 3.05) is 18.2 Å². The molecule has 0 bridgehead atoms. The molecular weight excluding hydrogens is 320 g/mol. The van der Waals surface area contributed by atoms with Crippen LogP contribution in [-0.2, 0) is 0 Å². The molecule has 3 N–H and O–H groups in total. The Morgan fingerprint density at radius 3 is 2.70 bits per heavy atom. The van der Waals surface area contributed by atoms with Crippen LogP contribution in [0.5, 0.6) is 5.75 Å². The highest BCUT2D eigenvalue weighted by molar-refractivity contribution is 9.10. The van der Waals surface area contributed by atoms with Crippen LogP contribution in [0.25, 0.3) is 0 Å². The van der Waals surface area contributed by atoms with Crippen molar-refractivity contribution in [1.29, 1.82) is 0 Å². The first kappa shape index (κ1) is 14.4. The van der Waals surface area contributed by atoms with Crippen molar-refractivity contribution in [3.63, 3.8) is 0 Å². The first-order valence-electron chi connectivity index (χ1n) is 6.01. The number of amides is 1. The van der Waals surface area contributed by atoms with Crippen molar-refractivity contribution in [3.8, 4) is 5.75 Å². The summed E-state index contributed by atoms with van der Waals surface area (Å²) < 4.78 is 5.98. The minimum atomic E-state index is -0.244. The molecule has 104 valence electrons. The number of nitrogens with two attached hydrogens (primary N) is 1. The first-order chi connectivity index (χ1) is 9.49. The van der Waals surface area contributed by atoms with Crippen molar-refractivity contribution < 1.29 is 9.53 Å². The Morgan fingerprint density at radius 2 is 2.00 bits per heavy atom. The second-order valence-corrected chi connectivity index (χ2v) is 5.34. The Hall–Kier alpha value is -2.01. The van der Waals surface area contributed by atoms with Gasteiger partial charge in [-0.3, -0.25) is 4.79 Å². The SMILES string of the molecule is COc1cc(Br)cc(NC(=O)c2cc(C)ccc2N)c1. The third-order valence-corrected chi connectivity index (χ3v) is 3.28. The average Bonchev–Trinajstić information content (AvgIpc) is 2.40. The number of ether oxygens (including phenoxy) is 1. The molecule has 0 unspecified atom stereocenters. The van der Waals surface area contributed by atoms with Gasteiger partial charge in [-0.15, -0.1) is 0 Å². The fourth-order valence-corrected chi connectivity index (χ4v) is 2.29. The van der Waals surface area contributed by atoms with Gasteiger partial charge in [0, 0.05) is 21.9 Å². The fraction of sp³-hybridized carbons (Fsp3) is 0.133. The molecule has 2 aromatic rings. The fourth-order valence-electron chi connectivity index (χ4n) is 1.82. The highest BCUT2D eigenvalue weighted by Gasteiger charge is 2.11. The van der Waals surface area contributed by atoms with Gasteiger partial charge < -0.3 is 15.8 Å². The zero-order chi connectivity index (χ0) is 14.7. The van der Waals surface area contributed by atoms with Crippen molar-refractivity contribution in [3.05, 3.63) is 52.0 Å². The number of anilines is 2. The van der Waals surface area contributed by atoms with Gasteiger partial charge in [0.2, 0.25) is 0 Å². The number of benzene rings is 2. The van der Waals surface area contributed by atoms with Crippen molar-refractivity contribution in [2.24, 2.45) is 0 Å². The lowest BCUT2D eigenvalue weighted by Crippen LogP contribution is -2.14. The van der Waals surface area contributed by atoms with Crippen LogP contribution in [0.3, 0.4) is 0 Å². The highest BCUT2D eigenvalue weighted by atomic mass is 79.9. The summed E-state index contributed by atoms with van der Waals surface area (Å²) in [5.41, 5.74) is 8.37. The molecule has 2 rings (SSSR count). The predicted octanol–water partition coefficient (Wildman–Crippen LogP) is 3.60. The number of hydrogen-bond acceptors (Lipinski definition) is 3. The van der Waals surface area contributed by atoms with Crippen LogP contribution >= 0.6 is 15.9 Å². The number of methoxy groups -OCH3 is 1. The molecule has 1 amide bonds. The summed E-state index contributed by atoms with van der Waals surface area (Å²) in [6.45, 7) is 1.92. The third kappa shape index (κ3) is 3.30. The van der Waals surface area contributed by atoms with Gasteiger partial charge in [0.1, 0.15) is 5.75 Å². The molecule has 0 radical (unpaired) electrons. The summed E-state index contributed by atoms with van der Waals surface area (Å²) in [7, 11) is 1.58. The molecule has 0 aliphatic rings. The van der Waals surface area contributed by atoms with Gasteiger partial charge >= 0.3 is 0 Å². The van der Waals surface area contributed by atoms with Gasteiger partial charge in [-0.25, -0.2) is 0 Å². The van der Waals surface area contributed by atoms with E-state index in [0.29, 0.717) is 22.7 Å². The molecule has 0 aliphatic heterocycles. The van der Waals surface area contributed by atoms with E-state index in [1.54, 1.807) is 31.4 Å². The monoisotopic (exact) mass is 334 g/mol. The van der Waals surface area contributed by atoms with Crippen LogP contribution in [-0.4, -0.2) is 13.0 Å². The van der Waals surface area contributed by atoms with Crippen LogP contribution in [0.15, 0.2) is 40.9 Å². The van der Waals surface area contributed by atoms with E-state index in [4.69, 9.17) is 10.5 Å². The van der Waals surface area contributed by atoms with Crippen LogP contribution < -0.4 is 15.8 Å². The number of halogens is 1. The van der Waals surface area contributed by atoms with E-state index in [-0.39, 0.29) is 5.91 Å². The maximum absolute atomic E-state index is 12.3. The van der Waals surface area contributed by atoms with E-state index in [1.165, 1.54) is 0 Å². The van der Waals surface area contributed by atoms with Gasteiger partial charge in [-0.05, 0) is 31.2 Å². The van der Waals surface area contributed by atoms with E-state index in [0.717, 1.165) is 10.0 Å². The maximum atomic E-state index is 12.3. The molecule has 0 saturated carbocycles. The molecule has 0 aliphatic carbocycles. The summed E-state index contributed by atoms with van der Waals surface area (Å²) in [6.07, 6.45) is 0. The van der Waals surface area contributed by atoms with Crippen molar-refractivity contribution >= 4 is 33.2 Å². The van der Waals surface area contributed by atoms with Crippen LogP contribution in [0, 0.1) is 6.92 Å². The van der Waals surface area contributed by atoms with E-state index in [9.17, 15) is 4.79 Å². The number of nitrogens with one attached hydrogen (secondary N) is 1. The highest BCUT2D eigenvalue weighted by Crippen LogP contribution is 2.25. The Balaban J connectivity index is 2.27. The zero-order valence-corrected chi connectivity index (χ0v) is 12.8. The normalized spacial score (nSPS) is 10.2.